The number of imide groups is 1. The van der Waals surface area contributed by atoms with E-state index in [1.54, 1.807) is 30.3 Å². The summed E-state index contributed by atoms with van der Waals surface area (Å²) in [7, 11) is 0. The van der Waals surface area contributed by atoms with E-state index >= 15 is 0 Å². The van der Waals surface area contributed by atoms with Crippen LogP contribution in [-0.2, 0) is 4.84 Å². The highest BCUT2D eigenvalue weighted by Gasteiger charge is 2.39. The van der Waals surface area contributed by atoms with Crippen molar-refractivity contribution in [2.24, 2.45) is 0 Å². The predicted molar refractivity (Wildman–Crippen MR) is 82.4 cm³/mol. The van der Waals surface area contributed by atoms with Crippen LogP contribution in [0.15, 0.2) is 48.5 Å². The van der Waals surface area contributed by atoms with Crippen LogP contribution in [-0.4, -0.2) is 29.0 Å². The third-order valence-corrected chi connectivity index (χ3v) is 3.86. The molecular formula is C18H13NO5. The molecule has 1 heterocycles. The monoisotopic (exact) mass is 323 g/mol. The largest absolute Gasteiger partial charge is 0.490 e. The summed E-state index contributed by atoms with van der Waals surface area (Å²) in [6.45, 7) is 0. The molecule has 1 saturated carbocycles. The van der Waals surface area contributed by atoms with Crippen molar-refractivity contribution >= 4 is 17.8 Å². The van der Waals surface area contributed by atoms with Gasteiger partial charge in [-0.05, 0) is 37.1 Å². The van der Waals surface area contributed by atoms with Gasteiger partial charge in [0.1, 0.15) is 11.3 Å². The lowest BCUT2D eigenvalue weighted by Gasteiger charge is -2.14. The fourth-order valence-corrected chi connectivity index (χ4v) is 2.49. The second-order valence-corrected chi connectivity index (χ2v) is 5.64. The average molecular weight is 323 g/mol. The van der Waals surface area contributed by atoms with Crippen LogP contribution in [0.4, 0.5) is 0 Å². The van der Waals surface area contributed by atoms with Crippen molar-refractivity contribution in [3.8, 4) is 5.75 Å². The standard InChI is InChI=1S/C18H13NO5/c20-16-12-5-1-2-6-13(12)17(21)19(16)24-18(22)14-7-3-4-8-15(14)23-11-9-10-11/h1-8,11H,9-10H2. The number of carbonyl (C=O) groups is 3. The second kappa shape index (κ2) is 5.49. The first kappa shape index (κ1) is 14.4. The third-order valence-electron chi connectivity index (χ3n) is 3.86. The summed E-state index contributed by atoms with van der Waals surface area (Å²) in [5.74, 6) is -1.71. The molecule has 1 fully saturated rings. The maximum absolute atomic E-state index is 12.4. The van der Waals surface area contributed by atoms with Crippen LogP contribution in [0.1, 0.15) is 43.9 Å². The number of para-hydroxylation sites is 1. The fraction of sp³-hybridized carbons (Fsp3) is 0.167. The van der Waals surface area contributed by atoms with Crippen molar-refractivity contribution < 1.29 is 24.0 Å². The fourth-order valence-electron chi connectivity index (χ4n) is 2.49. The molecule has 120 valence electrons. The molecule has 0 saturated heterocycles. The number of nitrogens with zero attached hydrogens (tertiary/aromatic N) is 1. The molecule has 0 unspecified atom stereocenters. The summed E-state index contributed by atoms with van der Waals surface area (Å²) in [6, 6.07) is 13.0. The number of benzene rings is 2. The van der Waals surface area contributed by atoms with Crippen molar-refractivity contribution in [1.82, 2.24) is 5.06 Å². The van der Waals surface area contributed by atoms with E-state index in [1.165, 1.54) is 18.2 Å². The molecule has 0 N–H and O–H groups in total. The quantitative estimate of drug-likeness (QED) is 0.809. The number of rotatable bonds is 4. The lowest BCUT2D eigenvalue weighted by Crippen LogP contribution is -2.32. The Morgan fingerprint density at radius 3 is 2.12 bits per heavy atom. The Hall–Kier alpha value is -3.15. The van der Waals surface area contributed by atoms with E-state index in [1.807, 2.05) is 0 Å². The highest BCUT2D eigenvalue weighted by Crippen LogP contribution is 2.30. The van der Waals surface area contributed by atoms with Gasteiger partial charge in [-0.25, -0.2) is 4.79 Å². The number of ether oxygens (including phenoxy) is 1. The van der Waals surface area contributed by atoms with Gasteiger partial charge in [-0.3, -0.25) is 9.59 Å². The lowest BCUT2D eigenvalue weighted by atomic mass is 10.1. The van der Waals surface area contributed by atoms with Crippen molar-refractivity contribution in [3.05, 3.63) is 65.2 Å². The van der Waals surface area contributed by atoms with E-state index in [0.29, 0.717) is 10.8 Å². The van der Waals surface area contributed by atoms with Crippen LogP contribution >= 0.6 is 0 Å². The molecule has 2 aromatic rings. The van der Waals surface area contributed by atoms with Gasteiger partial charge in [0.25, 0.3) is 11.8 Å². The Bertz CT molecular complexity index is 821. The smallest absolute Gasteiger partial charge is 0.367 e. The molecule has 0 spiro atoms. The van der Waals surface area contributed by atoms with E-state index in [0.717, 1.165) is 12.8 Å². The molecule has 24 heavy (non-hydrogen) atoms. The third kappa shape index (κ3) is 2.42. The van der Waals surface area contributed by atoms with Gasteiger partial charge < -0.3 is 9.57 Å². The van der Waals surface area contributed by atoms with E-state index in [9.17, 15) is 14.4 Å². The topological polar surface area (TPSA) is 72.9 Å². The molecule has 1 aliphatic heterocycles. The normalized spacial score (nSPS) is 16.1. The summed E-state index contributed by atoms with van der Waals surface area (Å²) in [5, 5.41) is 0.501. The number of hydroxylamine groups is 2. The first-order valence-electron chi connectivity index (χ1n) is 7.61. The zero-order valence-electron chi connectivity index (χ0n) is 12.6. The lowest BCUT2D eigenvalue weighted by molar-refractivity contribution is -0.0586. The number of hydrogen-bond donors (Lipinski definition) is 0. The highest BCUT2D eigenvalue weighted by atomic mass is 16.7. The Kier molecular flexibility index (Phi) is 3.30. The highest BCUT2D eigenvalue weighted by molar-refractivity contribution is 6.21. The molecule has 0 atom stereocenters. The van der Waals surface area contributed by atoms with Crippen molar-refractivity contribution in [2.75, 3.05) is 0 Å². The molecule has 2 amide bonds. The summed E-state index contributed by atoms with van der Waals surface area (Å²) in [5.41, 5.74) is 0.622. The Balaban J connectivity index is 1.57. The maximum Gasteiger partial charge on any atom is 0.367 e. The minimum atomic E-state index is -0.805. The van der Waals surface area contributed by atoms with E-state index in [2.05, 4.69) is 0 Å². The van der Waals surface area contributed by atoms with Gasteiger partial charge >= 0.3 is 5.97 Å². The molecule has 2 aliphatic rings. The van der Waals surface area contributed by atoms with Gasteiger partial charge in [-0.15, -0.1) is 0 Å². The van der Waals surface area contributed by atoms with Crippen LogP contribution in [0, 0.1) is 0 Å². The maximum atomic E-state index is 12.4. The molecule has 1 aliphatic carbocycles. The van der Waals surface area contributed by atoms with Crippen LogP contribution in [0.25, 0.3) is 0 Å². The van der Waals surface area contributed by atoms with Crippen LogP contribution in [0.2, 0.25) is 0 Å². The van der Waals surface area contributed by atoms with Gasteiger partial charge in [0.15, 0.2) is 0 Å². The van der Waals surface area contributed by atoms with E-state index < -0.39 is 17.8 Å². The number of amides is 2. The van der Waals surface area contributed by atoms with Gasteiger partial charge in [-0.1, -0.05) is 29.3 Å². The summed E-state index contributed by atoms with van der Waals surface area (Å²) in [4.78, 5) is 42.0. The molecule has 0 bridgehead atoms. The predicted octanol–water partition coefficient (Wildman–Crippen LogP) is 2.60. The zero-order chi connectivity index (χ0) is 16.7. The SMILES string of the molecule is O=C(ON1C(=O)c2ccccc2C1=O)c1ccccc1OC1CC1. The Morgan fingerprint density at radius 1 is 0.917 bits per heavy atom. The van der Waals surface area contributed by atoms with Gasteiger partial charge in [0.2, 0.25) is 0 Å². The van der Waals surface area contributed by atoms with Crippen LogP contribution in [0.3, 0.4) is 0 Å². The molecule has 0 aromatic heterocycles. The number of carbonyl (C=O) groups excluding carboxylic acids is 3. The summed E-state index contributed by atoms with van der Waals surface area (Å²) in [6.07, 6.45) is 2.00. The molecular weight excluding hydrogens is 310 g/mol. The molecule has 0 radical (unpaired) electrons. The summed E-state index contributed by atoms with van der Waals surface area (Å²) < 4.78 is 5.67. The molecule has 6 nitrogen and oxygen atoms in total. The molecule has 4 rings (SSSR count). The first-order valence-corrected chi connectivity index (χ1v) is 7.61. The Morgan fingerprint density at radius 2 is 1.50 bits per heavy atom. The van der Waals surface area contributed by atoms with Crippen LogP contribution in [0.5, 0.6) is 5.75 Å². The second-order valence-electron chi connectivity index (χ2n) is 5.64. The number of fused-ring (bicyclic) bond motifs is 1. The summed E-state index contributed by atoms with van der Waals surface area (Å²) >= 11 is 0. The minimum Gasteiger partial charge on any atom is -0.490 e. The van der Waals surface area contributed by atoms with Crippen molar-refractivity contribution in [2.45, 2.75) is 18.9 Å². The van der Waals surface area contributed by atoms with Crippen LogP contribution < -0.4 is 4.74 Å². The Labute approximate surface area is 137 Å². The van der Waals surface area contributed by atoms with Gasteiger partial charge in [-0.2, -0.15) is 0 Å². The first-order chi connectivity index (χ1) is 11.6. The molecule has 2 aromatic carbocycles. The van der Waals surface area contributed by atoms with E-state index in [4.69, 9.17) is 9.57 Å². The van der Waals surface area contributed by atoms with Gasteiger partial charge in [0, 0.05) is 0 Å². The number of hydrogen-bond acceptors (Lipinski definition) is 5. The van der Waals surface area contributed by atoms with Gasteiger partial charge in [0.05, 0.1) is 17.2 Å². The average Bonchev–Trinajstić information content (AvgIpc) is 3.39. The van der Waals surface area contributed by atoms with E-state index in [-0.39, 0.29) is 22.8 Å². The molecule has 6 heteroatoms. The zero-order valence-corrected chi connectivity index (χ0v) is 12.6. The minimum absolute atomic E-state index is 0.109. The van der Waals surface area contributed by atoms with Crippen molar-refractivity contribution in [1.29, 1.82) is 0 Å². The van der Waals surface area contributed by atoms with Crippen molar-refractivity contribution in [3.63, 3.8) is 0 Å².